The highest BCUT2D eigenvalue weighted by Gasteiger charge is 2.26. The largest absolute Gasteiger partial charge is 0.361 e. The van der Waals surface area contributed by atoms with Crippen molar-refractivity contribution in [2.75, 3.05) is 4.90 Å². The van der Waals surface area contributed by atoms with Crippen LogP contribution >= 0.6 is 0 Å². The normalized spacial score (nSPS) is 10.8. The highest BCUT2D eigenvalue weighted by molar-refractivity contribution is 6.07. The number of hydrogen-bond donors (Lipinski definition) is 1. The maximum Gasteiger partial charge on any atom is 0.264 e. The Morgan fingerprint density at radius 3 is 2.27 bits per heavy atom. The molecule has 3 rings (SSSR count). The van der Waals surface area contributed by atoms with E-state index in [0.717, 1.165) is 40.9 Å². The van der Waals surface area contributed by atoms with E-state index in [1.54, 1.807) is 11.8 Å². The number of aromatic amines is 1. The van der Waals surface area contributed by atoms with E-state index in [1.165, 1.54) is 0 Å². The van der Waals surface area contributed by atoms with Crippen LogP contribution in [0.1, 0.15) is 57.8 Å². The number of carbonyl (C=O) groups excluding carboxylic acids is 1. The fourth-order valence-corrected chi connectivity index (χ4v) is 4.03. The predicted molar refractivity (Wildman–Crippen MR) is 123 cm³/mol. The number of amides is 1. The summed E-state index contributed by atoms with van der Waals surface area (Å²) in [6.07, 6.45) is 1.53. The monoisotopic (exact) mass is 402 g/mol. The van der Waals surface area contributed by atoms with E-state index in [1.807, 2.05) is 63.2 Å². The number of benzene rings is 2. The zero-order valence-corrected chi connectivity index (χ0v) is 18.5. The Hall–Kier alpha value is -3.14. The average molecular weight is 403 g/mol. The maximum absolute atomic E-state index is 13.9. The molecule has 0 radical (unpaired) electrons. The lowest BCUT2D eigenvalue weighted by Gasteiger charge is -2.28. The molecule has 2 aromatic carbocycles. The third-order valence-corrected chi connectivity index (χ3v) is 5.70. The van der Waals surface area contributed by atoms with Crippen molar-refractivity contribution in [3.63, 3.8) is 0 Å². The zero-order valence-electron chi connectivity index (χ0n) is 18.5. The highest BCUT2D eigenvalue weighted by atomic mass is 16.2. The van der Waals surface area contributed by atoms with Crippen molar-refractivity contribution in [2.45, 2.75) is 54.0 Å². The molecule has 0 aliphatic rings. The standard InChI is InChI=1S/C26H30N2O2/c1-6-21-15-11-12-17(3)24(21)28(16-20-13-9-8-10-14-20)26(30)23-19(5)27-22(7-2)18(4)25(23)29/h8-15H,6-7,16H2,1-5H3,(H,27,29). The number of aryl methyl sites for hydroxylation is 4. The Balaban J connectivity index is 2.21. The van der Waals surface area contributed by atoms with Crippen molar-refractivity contribution in [2.24, 2.45) is 0 Å². The topological polar surface area (TPSA) is 53.2 Å². The molecule has 1 aromatic heterocycles. The van der Waals surface area contributed by atoms with Gasteiger partial charge >= 0.3 is 0 Å². The average Bonchev–Trinajstić information content (AvgIpc) is 2.75. The van der Waals surface area contributed by atoms with Crippen LogP contribution in [-0.2, 0) is 19.4 Å². The molecule has 0 atom stereocenters. The first-order valence-electron chi connectivity index (χ1n) is 10.6. The van der Waals surface area contributed by atoms with E-state index in [9.17, 15) is 9.59 Å². The summed E-state index contributed by atoms with van der Waals surface area (Å²) in [5.74, 6) is -0.257. The second kappa shape index (κ2) is 9.12. The van der Waals surface area contributed by atoms with Gasteiger partial charge in [-0.1, -0.05) is 62.4 Å². The predicted octanol–water partition coefficient (Wildman–Crippen LogP) is 5.27. The minimum Gasteiger partial charge on any atom is -0.361 e. The van der Waals surface area contributed by atoms with Crippen molar-refractivity contribution < 1.29 is 4.79 Å². The Labute approximate surface area is 178 Å². The number of pyridine rings is 1. The van der Waals surface area contributed by atoms with Gasteiger partial charge in [0.25, 0.3) is 5.91 Å². The number of anilines is 1. The first-order valence-corrected chi connectivity index (χ1v) is 10.6. The lowest BCUT2D eigenvalue weighted by molar-refractivity contribution is 0.0982. The molecule has 0 aliphatic carbocycles. The van der Waals surface area contributed by atoms with E-state index < -0.39 is 0 Å². The summed E-state index contributed by atoms with van der Waals surface area (Å²) < 4.78 is 0. The summed E-state index contributed by atoms with van der Waals surface area (Å²) in [4.78, 5) is 32.1. The molecule has 4 heteroatoms. The molecule has 30 heavy (non-hydrogen) atoms. The van der Waals surface area contributed by atoms with Crippen LogP contribution in [0.5, 0.6) is 0 Å². The van der Waals surface area contributed by atoms with Gasteiger partial charge in [-0.25, -0.2) is 0 Å². The molecule has 1 amide bonds. The van der Waals surface area contributed by atoms with E-state index in [-0.39, 0.29) is 16.9 Å². The Morgan fingerprint density at radius 1 is 0.933 bits per heavy atom. The van der Waals surface area contributed by atoms with Crippen molar-refractivity contribution in [3.8, 4) is 0 Å². The highest BCUT2D eigenvalue weighted by Crippen LogP contribution is 2.29. The molecule has 0 saturated carbocycles. The summed E-state index contributed by atoms with van der Waals surface area (Å²) in [6, 6.07) is 16.0. The van der Waals surface area contributed by atoms with E-state index in [2.05, 4.69) is 18.0 Å². The van der Waals surface area contributed by atoms with Crippen LogP contribution < -0.4 is 10.3 Å². The molecule has 4 nitrogen and oxygen atoms in total. The molecule has 0 fully saturated rings. The van der Waals surface area contributed by atoms with Crippen LogP contribution in [0.3, 0.4) is 0 Å². The molecule has 0 unspecified atom stereocenters. The van der Waals surface area contributed by atoms with Crippen molar-refractivity contribution in [3.05, 3.63) is 98.0 Å². The molecule has 0 spiro atoms. The van der Waals surface area contributed by atoms with Crippen LogP contribution in [0.15, 0.2) is 53.3 Å². The Morgan fingerprint density at radius 2 is 1.63 bits per heavy atom. The van der Waals surface area contributed by atoms with Crippen LogP contribution in [-0.4, -0.2) is 10.9 Å². The SMILES string of the molecule is CCc1cccc(C)c1N(Cc1ccccc1)C(=O)c1c(C)[nH]c(CC)c(C)c1=O. The van der Waals surface area contributed by atoms with Gasteiger partial charge in [-0.2, -0.15) is 0 Å². The maximum atomic E-state index is 13.9. The number of rotatable bonds is 6. The number of carbonyl (C=O) groups is 1. The molecule has 1 N–H and O–H groups in total. The van der Waals surface area contributed by atoms with E-state index >= 15 is 0 Å². The number of hydrogen-bond acceptors (Lipinski definition) is 2. The van der Waals surface area contributed by atoms with Gasteiger partial charge in [0.2, 0.25) is 0 Å². The first kappa shape index (κ1) is 21.6. The van der Waals surface area contributed by atoms with Crippen molar-refractivity contribution in [1.82, 2.24) is 4.98 Å². The zero-order chi connectivity index (χ0) is 21.8. The molecule has 0 saturated heterocycles. The molecule has 156 valence electrons. The number of nitrogens with zero attached hydrogens (tertiary/aromatic N) is 1. The minimum atomic E-state index is -0.257. The molecule has 0 bridgehead atoms. The summed E-state index contributed by atoms with van der Waals surface area (Å²) in [5, 5.41) is 0. The van der Waals surface area contributed by atoms with Gasteiger partial charge in [0, 0.05) is 17.0 Å². The number of H-pyrrole nitrogens is 1. The number of nitrogens with one attached hydrogen (secondary N) is 1. The lowest BCUT2D eigenvalue weighted by atomic mass is 10.0. The Kier molecular flexibility index (Phi) is 6.56. The van der Waals surface area contributed by atoms with Crippen LogP contribution in [0.25, 0.3) is 0 Å². The van der Waals surface area contributed by atoms with Gasteiger partial charge in [0.05, 0.1) is 12.2 Å². The van der Waals surface area contributed by atoms with E-state index in [4.69, 9.17) is 0 Å². The molecular formula is C26H30N2O2. The van der Waals surface area contributed by atoms with Crippen LogP contribution in [0.2, 0.25) is 0 Å². The molecule has 1 heterocycles. The minimum absolute atomic E-state index is 0.183. The first-order chi connectivity index (χ1) is 14.4. The van der Waals surface area contributed by atoms with Crippen molar-refractivity contribution in [1.29, 1.82) is 0 Å². The quantitative estimate of drug-likeness (QED) is 0.610. The van der Waals surface area contributed by atoms with Gasteiger partial charge in [-0.15, -0.1) is 0 Å². The summed E-state index contributed by atoms with van der Waals surface area (Å²) in [6.45, 7) is 10.1. The van der Waals surface area contributed by atoms with Crippen LogP contribution in [0, 0.1) is 20.8 Å². The van der Waals surface area contributed by atoms with Gasteiger partial charge in [0.15, 0.2) is 5.43 Å². The Bertz CT molecular complexity index is 1110. The second-order valence-electron chi connectivity index (χ2n) is 7.72. The summed E-state index contributed by atoms with van der Waals surface area (Å²) >= 11 is 0. The lowest BCUT2D eigenvalue weighted by Crippen LogP contribution is -2.37. The van der Waals surface area contributed by atoms with Gasteiger partial charge in [0.1, 0.15) is 5.56 Å². The van der Waals surface area contributed by atoms with Crippen molar-refractivity contribution >= 4 is 11.6 Å². The molecule has 0 aliphatic heterocycles. The van der Waals surface area contributed by atoms with E-state index in [0.29, 0.717) is 17.8 Å². The number of aromatic nitrogens is 1. The van der Waals surface area contributed by atoms with Gasteiger partial charge in [-0.05, 0) is 50.3 Å². The smallest absolute Gasteiger partial charge is 0.264 e. The summed E-state index contributed by atoms with van der Waals surface area (Å²) in [5.41, 5.74) is 6.20. The summed E-state index contributed by atoms with van der Waals surface area (Å²) in [7, 11) is 0. The van der Waals surface area contributed by atoms with Gasteiger partial charge in [-0.3, -0.25) is 9.59 Å². The third-order valence-electron chi connectivity index (χ3n) is 5.70. The fourth-order valence-electron chi connectivity index (χ4n) is 4.03. The van der Waals surface area contributed by atoms with Crippen LogP contribution in [0.4, 0.5) is 5.69 Å². The number of para-hydroxylation sites is 1. The molecule has 3 aromatic rings. The third kappa shape index (κ3) is 4.09. The fraction of sp³-hybridized carbons (Fsp3) is 0.308. The molecular weight excluding hydrogens is 372 g/mol. The second-order valence-corrected chi connectivity index (χ2v) is 7.72. The van der Waals surface area contributed by atoms with Gasteiger partial charge < -0.3 is 9.88 Å².